The maximum Gasteiger partial charge on any atom is 0.119 e. The van der Waals surface area contributed by atoms with Gasteiger partial charge in [0.05, 0.1) is 12.7 Å². The topological polar surface area (TPSA) is 29.5 Å². The summed E-state index contributed by atoms with van der Waals surface area (Å²) in [6.07, 6.45) is 1.58. The van der Waals surface area contributed by atoms with Gasteiger partial charge in [-0.15, -0.1) is 0 Å². The highest BCUT2D eigenvalue weighted by molar-refractivity contribution is 5.38. The van der Waals surface area contributed by atoms with E-state index >= 15 is 0 Å². The number of rotatable bonds is 6. The largest absolute Gasteiger partial charge is 0.497 e. The van der Waals surface area contributed by atoms with Crippen molar-refractivity contribution in [3.63, 3.8) is 0 Å². The van der Waals surface area contributed by atoms with Crippen molar-refractivity contribution in [2.24, 2.45) is 11.8 Å². The average Bonchev–Trinajstić information content (AvgIpc) is 2.25. The molecule has 1 N–H and O–H groups in total. The van der Waals surface area contributed by atoms with Crippen molar-refractivity contribution in [3.05, 3.63) is 29.3 Å². The van der Waals surface area contributed by atoms with E-state index in [9.17, 15) is 5.11 Å². The van der Waals surface area contributed by atoms with Crippen LogP contribution in [-0.4, -0.2) is 12.2 Å². The zero-order valence-electron chi connectivity index (χ0n) is 13.2. The Bertz CT molecular complexity index is 398. The molecule has 0 fully saturated rings. The highest BCUT2D eigenvalue weighted by atomic mass is 16.5. The minimum Gasteiger partial charge on any atom is -0.497 e. The van der Waals surface area contributed by atoms with Gasteiger partial charge < -0.3 is 9.84 Å². The van der Waals surface area contributed by atoms with Crippen molar-refractivity contribution in [1.82, 2.24) is 0 Å². The predicted molar refractivity (Wildman–Crippen MR) is 80.5 cm³/mol. The molecule has 0 saturated heterocycles. The van der Waals surface area contributed by atoms with Gasteiger partial charge >= 0.3 is 0 Å². The van der Waals surface area contributed by atoms with Gasteiger partial charge in [-0.1, -0.05) is 33.8 Å². The van der Waals surface area contributed by atoms with E-state index in [1.165, 1.54) is 0 Å². The monoisotopic (exact) mass is 264 g/mol. The van der Waals surface area contributed by atoms with E-state index in [0.29, 0.717) is 11.8 Å². The molecular formula is C17H28O2. The second-order valence-corrected chi connectivity index (χ2v) is 6.41. The number of hydrogen-bond donors (Lipinski definition) is 1. The molecule has 0 radical (unpaired) electrons. The molecular weight excluding hydrogens is 236 g/mol. The SMILES string of the molecule is COc1ccc(C(O)(CC(C)C)CC(C)C)c(C)c1. The van der Waals surface area contributed by atoms with Gasteiger partial charge in [-0.3, -0.25) is 0 Å². The molecule has 0 spiro atoms. The van der Waals surface area contributed by atoms with Crippen LogP contribution in [0.1, 0.15) is 51.7 Å². The second kappa shape index (κ2) is 6.42. The molecule has 1 aromatic rings. The molecule has 108 valence electrons. The van der Waals surface area contributed by atoms with Gasteiger partial charge in [0.15, 0.2) is 0 Å². The van der Waals surface area contributed by atoms with E-state index < -0.39 is 5.60 Å². The quantitative estimate of drug-likeness (QED) is 0.831. The molecule has 19 heavy (non-hydrogen) atoms. The summed E-state index contributed by atoms with van der Waals surface area (Å²) < 4.78 is 5.24. The van der Waals surface area contributed by atoms with Crippen LogP contribution < -0.4 is 4.74 Å². The molecule has 0 amide bonds. The van der Waals surface area contributed by atoms with E-state index in [2.05, 4.69) is 27.7 Å². The first-order valence-electron chi connectivity index (χ1n) is 7.16. The number of hydrogen-bond acceptors (Lipinski definition) is 2. The van der Waals surface area contributed by atoms with Crippen molar-refractivity contribution in [1.29, 1.82) is 0 Å². The zero-order chi connectivity index (χ0) is 14.6. The molecule has 0 aliphatic carbocycles. The lowest BCUT2D eigenvalue weighted by Gasteiger charge is -2.33. The number of ether oxygens (including phenoxy) is 1. The summed E-state index contributed by atoms with van der Waals surface area (Å²) in [7, 11) is 1.67. The molecule has 0 atom stereocenters. The summed E-state index contributed by atoms with van der Waals surface area (Å²) in [6, 6.07) is 5.95. The number of aliphatic hydroxyl groups is 1. The Kier molecular flexibility index (Phi) is 5.42. The normalized spacial score (nSPS) is 12.3. The third kappa shape index (κ3) is 4.24. The first kappa shape index (κ1) is 16.0. The van der Waals surface area contributed by atoms with Gasteiger partial charge in [-0.05, 0) is 54.9 Å². The third-order valence-corrected chi connectivity index (χ3v) is 3.43. The molecule has 0 aliphatic rings. The molecule has 1 aromatic carbocycles. The second-order valence-electron chi connectivity index (χ2n) is 6.41. The highest BCUT2D eigenvalue weighted by Crippen LogP contribution is 2.37. The summed E-state index contributed by atoms with van der Waals surface area (Å²) in [4.78, 5) is 0. The molecule has 1 rings (SSSR count). The smallest absolute Gasteiger partial charge is 0.119 e. The Morgan fingerprint density at radius 2 is 1.63 bits per heavy atom. The van der Waals surface area contributed by atoms with Crippen molar-refractivity contribution >= 4 is 0 Å². The van der Waals surface area contributed by atoms with Crippen molar-refractivity contribution in [3.8, 4) is 5.75 Å². The van der Waals surface area contributed by atoms with Crippen LogP contribution in [0.25, 0.3) is 0 Å². The first-order chi connectivity index (χ1) is 8.78. The summed E-state index contributed by atoms with van der Waals surface area (Å²) in [5, 5.41) is 11.1. The lowest BCUT2D eigenvalue weighted by molar-refractivity contribution is -0.00506. The van der Waals surface area contributed by atoms with Gasteiger partial charge in [0.1, 0.15) is 5.75 Å². The lowest BCUT2D eigenvalue weighted by atomic mass is 9.78. The third-order valence-electron chi connectivity index (χ3n) is 3.43. The number of benzene rings is 1. The molecule has 0 unspecified atom stereocenters. The molecule has 0 aliphatic heterocycles. The van der Waals surface area contributed by atoms with Crippen LogP contribution in [0.2, 0.25) is 0 Å². The molecule has 2 heteroatoms. The molecule has 0 aromatic heterocycles. The average molecular weight is 264 g/mol. The predicted octanol–water partition coefficient (Wildman–Crippen LogP) is 4.28. The Morgan fingerprint density at radius 1 is 1.11 bits per heavy atom. The number of methoxy groups -OCH3 is 1. The first-order valence-corrected chi connectivity index (χ1v) is 7.16. The van der Waals surface area contributed by atoms with Gasteiger partial charge in [-0.2, -0.15) is 0 Å². The molecule has 0 bridgehead atoms. The van der Waals surface area contributed by atoms with E-state index in [0.717, 1.165) is 29.7 Å². The minimum atomic E-state index is -0.737. The summed E-state index contributed by atoms with van der Waals surface area (Å²) in [6.45, 7) is 10.7. The standard InChI is InChI=1S/C17H28O2/c1-12(2)10-17(18,11-13(3)4)16-8-7-15(19-6)9-14(16)5/h7-9,12-13,18H,10-11H2,1-6H3. The van der Waals surface area contributed by atoms with Gasteiger partial charge in [0.25, 0.3) is 0 Å². The van der Waals surface area contributed by atoms with Gasteiger partial charge in [0, 0.05) is 0 Å². The summed E-state index contributed by atoms with van der Waals surface area (Å²) in [5.74, 6) is 1.77. The fourth-order valence-electron chi connectivity index (χ4n) is 2.94. The van der Waals surface area contributed by atoms with Crippen LogP contribution in [0.5, 0.6) is 5.75 Å². The number of aryl methyl sites for hydroxylation is 1. The molecule has 0 saturated carbocycles. The van der Waals surface area contributed by atoms with Crippen LogP contribution in [0.4, 0.5) is 0 Å². The van der Waals surface area contributed by atoms with Crippen LogP contribution in [-0.2, 0) is 5.60 Å². The molecule has 2 nitrogen and oxygen atoms in total. The lowest BCUT2D eigenvalue weighted by Crippen LogP contribution is -2.30. The summed E-state index contributed by atoms with van der Waals surface area (Å²) >= 11 is 0. The van der Waals surface area contributed by atoms with Crippen LogP contribution >= 0.6 is 0 Å². The van der Waals surface area contributed by atoms with Gasteiger partial charge in [-0.25, -0.2) is 0 Å². The Labute approximate surface area is 117 Å². The Balaban J connectivity index is 3.16. The Hall–Kier alpha value is -1.02. The van der Waals surface area contributed by atoms with Crippen LogP contribution in [0, 0.1) is 18.8 Å². The van der Waals surface area contributed by atoms with E-state index in [1.54, 1.807) is 7.11 Å². The maximum absolute atomic E-state index is 11.1. The molecule has 0 heterocycles. The highest BCUT2D eigenvalue weighted by Gasteiger charge is 2.32. The van der Waals surface area contributed by atoms with Crippen molar-refractivity contribution in [2.45, 2.75) is 53.1 Å². The Morgan fingerprint density at radius 3 is 2.00 bits per heavy atom. The zero-order valence-corrected chi connectivity index (χ0v) is 13.2. The fourth-order valence-corrected chi connectivity index (χ4v) is 2.94. The maximum atomic E-state index is 11.1. The van der Waals surface area contributed by atoms with Crippen LogP contribution in [0.3, 0.4) is 0 Å². The van der Waals surface area contributed by atoms with E-state index in [1.807, 2.05) is 25.1 Å². The van der Waals surface area contributed by atoms with E-state index in [-0.39, 0.29) is 0 Å². The van der Waals surface area contributed by atoms with Crippen molar-refractivity contribution < 1.29 is 9.84 Å². The van der Waals surface area contributed by atoms with E-state index in [4.69, 9.17) is 4.74 Å². The van der Waals surface area contributed by atoms with Gasteiger partial charge in [0.2, 0.25) is 0 Å². The summed E-state index contributed by atoms with van der Waals surface area (Å²) in [5.41, 5.74) is 1.40. The van der Waals surface area contributed by atoms with Crippen molar-refractivity contribution in [2.75, 3.05) is 7.11 Å². The van der Waals surface area contributed by atoms with Crippen LogP contribution in [0.15, 0.2) is 18.2 Å². The minimum absolute atomic E-state index is 0.463. The fraction of sp³-hybridized carbons (Fsp3) is 0.647.